The maximum absolute atomic E-state index is 13.8. The molecule has 2 aliphatic heterocycles. The number of nitrogens with zero attached hydrogens (tertiary/aromatic N) is 6. The lowest BCUT2D eigenvalue weighted by molar-refractivity contribution is -0.142. The number of esters is 2. The zero-order valence-corrected chi connectivity index (χ0v) is 28.0. The summed E-state index contributed by atoms with van der Waals surface area (Å²) in [6.07, 6.45) is -9.69. The summed E-state index contributed by atoms with van der Waals surface area (Å²) in [5.41, 5.74) is 0.234. The van der Waals surface area contributed by atoms with Gasteiger partial charge in [-0.1, -0.05) is 60.7 Å². The molecule has 0 N–H and O–H groups in total. The van der Waals surface area contributed by atoms with Crippen LogP contribution in [0.2, 0.25) is 0 Å². The molecule has 4 heterocycles. The topological polar surface area (TPSA) is 129 Å². The van der Waals surface area contributed by atoms with E-state index in [2.05, 4.69) is 39.4 Å². The maximum Gasteiger partial charge on any atom is 0.430 e. The molecule has 10 nitrogen and oxygen atoms in total. The number of fused-ring (bicyclic) bond motifs is 8. The first-order valence-corrected chi connectivity index (χ1v) is 16.0. The van der Waals surface area contributed by atoms with Gasteiger partial charge in [-0.2, -0.15) is 26.3 Å². The van der Waals surface area contributed by atoms with E-state index in [1.54, 1.807) is 84.9 Å². The van der Waals surface area contributed by atoms with E-state index in [-0.39, 0.29) is 34.2 Å². The summed E-state index contributed by atoms with van der Waals surface area (Å²) in [6.45, 7) is 0. The van der Waals surface area contributed by atoms with Crippen LogP contribution in [0.4, 0.5) is 37.7 Å². The van der Waals surface area contributed by atoms with Crippen molar-refractivity contribution >= 4 is 56.8 Å². The number of halogens is 6. The van der Waals surface area contributed by atoms with E-state index in [0.29, 0.717) is 33.2 Å². The maximum atomic E-state index is 13.8. The standard InChI is InChI=1S/2C19H12F3N3O2/c2*1-27-18(26)14-16-15(23-12-8-4-5-9-13(12)24-16)10-6-2-3-7-11(10)25-17(14)19(20,21)22/h2*2-9,14H,1H3/t2*14-/m00/s1. The van der Waals surface area contributed by atoms with Gasteiger partial charge in [-0.3, -0.25) is 9.59 Å². The van der Waals surface area contributed by atoms with Crippen molar-refractivity contribution in [2.75, 3.05) is 14.2 Å². The third-order valence-corrected chi connectivity index (χ3v) is 8.54. The van der Waals surface area contributed by atoms with Crippen molar-refractivity contribution in [3.8, 4) is 22.5 Å². The number of para-hydroxylation sites is 6. The Morgan fingerprint density at radius 1 is 0.500 bits per heavy atom. The quantitative estimate of drug-likeness (QED) is 0.128. The molecule has 0 saturated heterocycles. The molecular weight excluding hydrogens is 718 g/mol. The Bertz CT molecular complexity index is 2360. The molecule has 8 rings (SSSR count). The minimum absolute atomic E-state index is 0.0714. The molecule has 16 heteroatoms. The average Bonchev–Trinajstić information content (AvgIpc) is 3.40. The third kappa shape index (κ3) is 6.50. The molecule has 0 amide bonds. The molecule has 2 atom stereocenters. The van der Waals surface area contributed by atoms with Crippen LogP contribution in [-0.2, 0) is 19.1 Å². The molecule has 4 aromatic carbocycles. The largest absolute Gasteiger partial charge is 0.468 e. The summed E-state index contributed by atoms with van der Waals surface area (Å²) < 4.78 is 92.0. The SMILES string of the molecule is COC(=O)[C@@H]1C(C(F)(F)F)=Nc2ccccc2-c2nc3ccccc3nc21.COC(=O)[C@@H]1C(C(F)(F)F)=Nc2ccccc2-c2nc3ccccc3nc21. The van der Waals surface area contributed by atoms with Crippen molar-refractivity contribution in [1.29, 1.82) is 0 Å². The summed E-state index contributed by atoms with van der Waals surface area (Å²) in [5.74, 6) is -5.83. The second-order valence-electron chi connectivity index (χ2n) is 11.8. The lowest BCUT2D eigenvalue weighted by atomic mass is 9.95. The molecule has 6 aromatic rings. The number of aliphatic imine (C=N–C) groups is 2. The molecule has 0 bridgehead atoms. The molecule has 0 spiro atoms. The smallest absolute Gasteiger partial charge is 0.430 e. The number of benzene rings is 4. The Morgan fingerprint density at radius 3 is 1.15 bits per heavy atom. The molecule has 0 saturated carbocycles. The highest BCUT2D eigenvalue weighted by molar-refractivity contribution is 6.14. The molecule has 54 heavy (non-hydrogen) atoms. The first-order valence-electron chi connectivity index (χ1n) is 16.0. The summed E-state index contributed by atoms with van der Waals surface area (Å²) in [7, 11) is 2.06. The Labute approximate surface area is 301 Å². The number of methoxy groups -OCH3 is 2. The predicted octanol–water partition coefficient (Wildman–Crippen LogP) is 8.40. The normalized spacial score (nSPS) is 16.1. The third-order valence-electron chi connectivity index (χ3n) is 8.54. The number of alkyl halides is 6. The van der Waals surface area contributed by atoms with Gasteiger partial charge in [0, 0.05) is 11.1 Å². The predicted molar refractivity (Wildman–Crippen MR) is 186 cm³/mol. The monoisotopic (exact) mass is 742 g/mol. The molecular formula is C38H24F6N6O4. The minimum atomic E-state index is -4.85. The molecule has 272 valence electrons. The van der Waals surface area contributed by atoms with Crippen molar-refractivity contribution in [1.82, 2.24) is 19.9 Å². The molecule has 0 aliphatic carbocycles. The summed E-state index contributed by atoms with van der Waals surface area (Å²) in [5, 5.41) is 0. The van der Waals surface area contributed by atoms with E-state index < -0.39 is 47.6 Å². The highest BCUT2D eigenvalue weighted by Gasteiger charge is 2.50. The van der Waals surface area contributed by atoms with E-state index in [1.165, 1.54) is 12.1 Å². The lowest BCUT2D eigenvalue weighted by Gasteiger charge is -2.19. The van der Waals surface area contributed by atoms with Gasteiger partial charge in [-0.25, -0.2) is 29.9 Å². The number of hydrogen-bond donors (Lipinski definition) is 0. The zero-order chi connectivity index (χ0) is 38.4. The van der Waals surface area contributed by atoms with E-state index in [9.17, 15) is 35.9 Å². The fourth-order valence-electron chi connectivity index (χ4n) is 6.15. The number of ether oxygens (including phenoxy) is 2. The fourth-order valence-corrected chi connectivity index (χ4v) is 6.15. The van der Waals surface area contributed by atoms with Crippen LogP contribution in [0.3, 0.4) is 0 Å². The number of carbonyl (C=O) groups excluding carboxylic acids is 2. The van der Waals surface area contributed by atoms with Crippen LogP contribution in [0.1, 0.15) is 23.2 Å². The van der Waals surface area contributed by atoms with Gasteiger partial charge in [0.1, 0.15) is 23.3 Å². The van der Waals surface area contributed by atoms with Crippen LogP contribution in [0.5, 0.6) is 0 Å². The Hall–Kier alpha value is -6.58. The molecule has 2 aliphatic rings. The Morgan fingerprint density at radius 2 is 0.815 bits per heavy atom. The number of rotatable bonds is 2. The van der Waals surface area contributed by atoms with Crippen molar-refractivity contribution in [2.45, 2.75) is 24.2 Å². The van der Waals surface area contributed by atoms with Crippen molar-refractivity contribution in [2.24, 2.45) is 9.98 Å². The van der Waals surface area contributed by atoms with Crippen molar-refractivity contribution < 1.29 is 45.4 Å². The number of aromatic nitrogens is 4. The first kappa shape index (κ1) is 35.8. The molecule has 2 aromatic heterocycles. The minimum Gasteiger partial charge on any atom is -0.468 e. The van der Waals surface area contributed by atoms with Gasteiger partial charge in [0.2, 0.25) is 0 Å². The van der Waals surface area contributed by atoms with Gasteiger partial charge in [0.25, 0.3) is 0 Å². The van der Waals surface area contributed by atoms with Crippen molar-refractivity contribution in [3.63, 3.8) is 0 Å². The van der Waals surface area contributed by atoms with E-state index in [0.717, 1.165) is 14.2 Å². The second kappa shape index (κ2) is 13.8. The van der Waals surface area contributed by atoms with Crippen LogP contribution in [0.25, 0.3) is 44.6 Å². The van der Waals surface area contributed by atoms with Crippen LogP contribution in [0.15, 0.2) is 107 Å². The zero-order valence-electron chi connectivity index (χ0n) is 28.0. The van der Waals surface area contributed by atoms with E-state index in [1.807, 2.05) is 0 Å². The number of hydrogen-bond acceptors (Lipinski definition) is 10. The van der Waals surface area contributed by atoms with Gasteiger partial charge in [0.05, 0.1) is 70.4 Å². The lowest BCUT2D eigenvalue weighted by Crippen LogP contribution is -2.35. The Balaban J connectivity index is 0.000000167. The number of carbonyl (C=O) groups is 2. The van der Waals surface area contributed by atoms with Gasteiger partial charge < -0.3 is 9.47 Å². The summed E-state index contributed by atoms with van der Waals surface area (Å²) >= 11 is 0. The van der Waals surface area contributed by atoms with Gasteiger partial charge in [-0.15, -0.1) is 0 Å². The van der Waals surface area contributed by atoms with Gasteiger partial charge in [0.15, 0.2) is 0 Å². The van der Waals surface area contributed by atoms with Crippen LogP contribution < -0.4 is 0 Å². The first-order chi connectivity index (χ1) is 25.8. The molecule has 0 unspecified atom stereocenters. The molecule has 0 fully saturated rings. The Kier molecular flexibility index (Phi) is 9.12. The van der Waals surface area contributed by atoms with E-state index >= 15 is 0 Å². The van der Waals surface area contributed by atoms with Crippen LogP contribution in [-0.4, -0.2) is 69.9 Å². The van der Waals surface area contributed by atoms with E-state index in [4.69, 9.17) is 0 Å². The highest BCUT2D eigenvalue weighted by atomic mass is 19.4. The fraction of sp³-hybridized carbons (Fsp3) is 0.158. The van der Waals surface area contributed by atoms with Gasteiger partial charge >= 0.3 is 24.3 Å². The second-order valence-corrected chi connectivity index (χ2v) is 11.8. The van der Waals surface area contributed by atoms with Crippen molar-refractivity contribution in [3.05, 3.63) is 108 Å². The van der Waals surface area contributed by atoms with Crippen LogP contribution >= 0.6 is 0 Å². The van der Waals surface area contributed by atoms with Crippen LogP contribution in [0, 0.1) is 0 Å². The average molecular weight is 743 g/mol. The molecule has 0 radical (unpaired) electrons. The highest BCUT2D eigenvalue weighted by Crippen LogP contribution is 2.44. The summed E-state index contributed by atoms with van der Waals surface area (Å²) in [6, 6.07) is 26.1. The van der Waals surface area contributed by atoms with Gasteiger partial charge in [-0.05, 0) is 36.4 Å². The summed E-state index contributed by atoms with van der Waals surface area (Å²) in [4.78, 5) is 49.9.